The largest absolute Gasteiger partial charge is 0.368 e. The molecule has 0 bridgehead atoms. The van der Waals surface area contributed by atoms with Crippen LogP contribution in [0.5, 0.6) is 0 Å². The zero-order valence-electron chi connectivity index (χ0n) is 12.6. The minimum absolute atomic E-state index is 0.154. The molecule has 2 amide bonds. The Bertz CT molecular complexity index is 463. The molecule has 116 valence electrons. The van der Waals surface area contributed by atoms with Gasteiger partial charge in [0.05, 0.1) is 0 Å². The lowest BCUT2D eigenvalue weighted by atomic mass is 9.97. The summed E-state index contributed by atoms with van der Waals surface area (Å²) in [7, 11) is 0. The predicted octanol–water partition coefficient (Wildman–Crippen LogP) is 1.79. The number of amides is 2. The van der Waals surface area contributed by atoms with Crippen LogP contribution in [0, 0.1) is 11.8 Å². The van der Waals surface area contributed by atoms with Crippen LogP contribution >= 0.6 is 12.6 Å². The van der Waals surface area contributed by atoms with E-state index in [-0.39, 0.29) is 11.8 Å². The number of hydrogen-bond donors (Lipinski definition) is 3. The molecule has 0 aliphatic rings. The monoisotopic (exact) mass is 308 g/mol. The van der Waals surface area contributed by atoms with Crippen molar-refractivity contribution < 1.29 is 9.59 Å². The van der Waals surface area contributed by atoms with Gasteiger partial charge in [-0.25, -0.2) is 0 Å². The summed E-state index contributed by atoms with van der Waals surface area (Å²) < 4.78 is 0. The molecule has 0 fully saturated rings. The normalized spacial score (nSPS) is 13.7. The molecule has 1 aromatic carbocycles. The van der Waals surface area contributed by atoms with E-state index in [1.165, 1.54) is 0 Å². The molecule has 3 N–H and O–H groups in total. The van der Waals surface area contributed by atoms with E-state index in [0.29, 0.717) is 18.1 Å². The van der Waals surface area contributed by atoms with Crippen LogP contribution in [-0.2, 0) is 16.0 Å². The molecule has 0 saturated heterocycles. The lowest BCUT2D eigenvalue weighted by Gasteiger charge is -2.21. The van der Waals surface area contributed by atoms with E-state index in [0.717, 1.165) is 12.0 Å². The molecular weight excluding hydrogens is 284 g/mol. The Morgan fingerprint density at radius 1 is 1.24 bits per heavy atom. The van der Waals surface area contributed by atoms with Crippen molar-refractivity contribution in [3.8, 4) is 0 Å². The predicted molar refractivity (Wildman–Crippen MR) is 88.1 cm³/mol. The number of hydrogen-bond acceptors (Lipinski definition) is 3. The van der Waals surface area contributed by atoms with Crippen molar-refractivity contribution in [3.05, 3.63) is 35.9 Å². The number of rotatable bonds is 8. The fraction of sp³-hybridized carbons (Fsp3) is 0.500. The minimum Gasteiger partial charge on any atom is -0.368 e. The molecule has 0 aliphatic heterocycles. The molecule has 0 aliphatic carbocycles. The van der Waals surface area contributed by atoms with Crippen LogP contribution in [0.3, 0.4) is 0 Å². The van der Waals surface area contributed by atoms with Crippen molar-refractivity contribution in [2.75, 3.05) is 5.75 Å². The van der Waals surface area contributed by atoms with Gasteiger partial charge < -0.3 is 11.1 Å². The SMILES string of the molecule is CC(C)C[C@@H](CS)C(=O)N[C@@H](Cc1ccccc1)C(N)=O. The van der Waals surface area contributed by atoms with Crippen LogP contribution in [0.15, 0.2) is 30.3 Å². The van der Waals surface area contributed by atoms with E-state index in [9.17, 15) is 9.59 Å². The highest BCUT2D eigenvalue weighted by Gasteiger charge is 2.24. The first-order valence-corrected chi connectivity index (χ1v) is 7.81. The fourth-order valence-electron chi connectivity index (χ4n) is 2.20. The molecule has 1 rings (SSSR count). The second kappa shape index (κ2) is 8.72. The van der Waals surface area contributed by atoms with Gasteiger partial charge in [-0.1, -0.05) is 44.2 Å². The van der Waals surface area contributed by atoms with E-state index < -0.39 is 11.9 Å². The molecule has 0 unspecified atom stereocenters. The molecule has 4 nitrogen and oxygen atoms in total. The Morgan fingerprint density at radius 3 is 2.33 bits per heavy atom. The first-order chi connectivity index (χ1) is 9.93. The van der Waals surface area contributed by atoms with Gasteiger partial charge in [0.1, 0.15) is 6.04 Å². The molecule has 5 heteroatoms. The maximum absolute atomic E-state index is 12.2. The van der Waals surface area contributed by atoms with Crippen LogP contribution in [-0.4, -0.2) is 23.6 Å². The molecule has 0 spiro atoms. The smallest absolute Gasteiger partial charge is 0.240 e. The second-order valence-corrected chi connectivity index (χ2v) is 6.03. The topological polar surface area (TPSA) is 72.2 Å². The summed E-state index contributed by atoms with van der Waals surface area (Å²) in [5.74, 6) is -0.0194. The zero-order chi connectivity index (χ0) is 15.8. The molecule has 0 heterocycles. The van der Waals surface area contributed by atoms with E-state index in [2.05, 4.69) is 31.8 Å². The first-order valence-electron chi connectivity index (χ1n) is 7.18. The molecule has 0 saturated carbocycles. The van der Waals surface area contributed by atoms with Crippen molar-refractivity contribution in [2.45, 2.75) is 32.7 Å². The van der Waals surface area contributed by atoms with Crippen molar-refractivity contribution in [1.82, 2.24) is 5.32 Å². The first kappa shape index (κ1) is 17.6. The van der Waals surface area contributed by atoms with E-state index in [1.54, 1.807) is 0 Å². The third-order valence-electron chi connectivity index (χ3n) is 3.29. The molecule has 1 aromatic rings. The van der Waals surface area contributed by atoms with E-state index in [1.807, 2.05) is 30.3 Å². The minimum atomic E-state index is -0.686. The van der Waals surface area contributed by atoms with Crippen LogP contribution in [0.25, 0.3) is 0 Å². The lowest BCUT2D eigenvalue weighted by Crippen LogP contribution is -2.48. The summed E-state index contributed by atoms with van der Waals surface area (Å²) in [4.78, 5) is 23.8. The highest BCUT2D eigenvalue weighted by atomic mass is 32.1. The molecule has 21 heavy (non-hydrogen) atoms. The maximum atomic E-state index is 12.2. The fourth-order valence-corrected chi connectivity index (χ4v) is 2.51. The Balaban J connectivity index is 2.69. The number of benzene rings is 1. The van der Waals surface area contributed by atoms with Crippen LogP contribution < -0.4 is 11.1 Å². The van der Waals surface area contributed by atoms with Crippen LogP contribution in [0.4, 0.5) is 0 Å². The summed E-state index contributed by atoms with van der Waals surface area (Å²) in [6, 6.07) is 8.82. The van der Waals surface area contributed by atoms with Crippen molar-refractivity contribution in [3.63, 3.8) is 0 Å². The highest BCUT2D eigenvalue weighted by molar-refractivity contribution is 7.80. The molecule has 0 radical (unpaired) electrons. The third kappa shape index (κ3) is 6.21. The quantitative estimate of drug-likeness (QED) is 0.641. The number of nitrogens with one attached hydrogen (secondary N) is 1. The highest BCUT2D eigenvalue weighted by Crippen LogP contribution is 2.14. The molecule has 2 atom stereocenters. The summed E-state index contributed by atoms with van der Waals surface area (Å²) in [5.41, 5.74) is 6.37. The van der Waals surface area contributed by atoms with Gasteiger partial charge in [-0.3, -0.25) is 9.59 Å². The van der Waals surface area contributed by atoms with E-state index in [4.69, 9.17) is 5.73 Å². The number of thiol groups is 1. The summed E-state index contributed by atoms with van der Waals surface area (Å²) in [6.45, 7) is 4.11. The van der Waals surface area contributed by atoms with Crippen molar-refractivity contribution in [1.29, 1.82) is 0 Å². The van der Waals surface area contributed by atoms with Crippen molar-refractivity contribution >= 4 is 24.4 Å². The number of carbonyl (C=O) groups excluding carboxylic acids is 2. The molecule has 0 aromatic heterocycles. The Morgan fingerprint density at radius 2 is 1.86 bits per heavy atom. The summed E-state index contributed by atoms with van der Waals surface area (Å²) in [6.07, 6.45) is 1.15. The average Bonchev–Trinajstić information content (AvgIpc) is 2.44. The van der Waals surface area contributed by atoms with Gasteiger partial charge in [-0.05, 0) is 17.9 Å². The number of nitrogens with two attached hydrogens (primary N) is 1. The van der Waals surface area contributed by atoms with Crippen LogP contribution in [0.2, 0.25) is 0 Å². The van der Waals surface area contributed by atoms with Gasteiger partial charge in [0, 0.05) is 18.1 Å². The zero-order valence-corrected chi connectivity index (χ0v) is 13.5. The van der Waals surface area contributed by atoms with Gasteiger partial charge >= 0.3 is 0 Å². The van der Waals surface area contributed by atoms with Crippen LogP contribution in [0.1, 0.15) is 25.8 Å². The van der Waals surface area contributed by atoms with Crippen molar-refractivity contribution in [2.24, 2.45) is 17.6 Å². The van der Waals surface area contributed by atoms with Gasteiger partial charge in [0.2, 0.25) is 11.8 Å². The third-order valence-corrected chi connectivity index (χ3v) is 3.73. The number of carbonyl (C=O) groups is 2. The van der Waals surface area contributed by atoms with Gasteiger partial charge in [0.25, 0.3) is 0 Å². The second-order valence-electron chi connectivity index (χ2n) is 5.66. The lowest BCUT2D eigenvalue weighted by molar-refractivity contribution is -0.129. The molecular formula is C16H24N2O2S. The summed E-state index contributed by atoms with van der Waals surface area (Å²) >= 11 is 4.23. The van der Waals surface area contributed by atoms with E-state index >= 15 is 0 Å². The van der Waals surface area contributed by atoms with Gasteiger partial charge in [0.15, 0.2) is 0 Å². The number of primary amides is 1. The van der Waals surface area contributed by atoms with Gasteiger partial charge in [-0.2, -0.15) is 12.6 Å². The Labute approximate surface area is 131 Å². The van der Waals surface area contributed by atoms with Gasteiger partial charge in [-0.15, -0.1) is 0 Å². The summed E-state index contributed by atoms with van der Waals surface area (Å²) in [5, 5.41) is 2.76. The maximum Gasteiger partial charge on any atom is 0.240 e. The Kier molecular flexibility index (Phi) is 7.29. The average molecular weight is 308 g/mol. The Hall–Kier alpha value is -1.49. The standard InChI is InChI=1S/C16H24N2O2S/c1-11(2)8-13(10-21)16(20)18-14(15(17)19)9-12-6-4-3-5-7-12/h3-7,11,13-14,21H,8-10H2,1-2H3,(H2,17,19)(H,18,20)/t13-,14-/m0/s1.